The summed E-state index contributed by atoms with van der Waals surface area (Å²) in [6.45, 7) is 2.33. The van der Waals surface area contributed by atoms with E-state index in [4.69, 9.17) is 16.3 Å². The summed E-state index contributed by atoms with van der Waals surface area (Å²) < 4.78 is 5.07. The van der Waals surface area contributed by atoms with Crippen LogP contribution in [0.25, 0.3) is 0 Å². The monoisotopic (exact) mass is 500 g/mol. The molecule has 3 amide bonds. The molecule has 178 valence electrons. The number of hydrogen-bond donors (Lipinski definition) is 2. The van der Waals surface area contributed by atoms with E-state index in [2.05, 4.69) is 15.6 Å². The number of amides is 3. The lowest BCUT2D eigenvalue weighted by Gasteiger charge is -2.21. The van der Waals surface area contributed by atoms with Crippen LogP contribution in [-0.4, -0.2) is 54.4 Å². The number of nitrogens with zero attached hydrogens (tertiary/aromatic N) is 2. The van der Waals surface area contributed by atoms with Crippen molar-refractivity contribution in [3.05, 3.63) is 75.8 Å². The van der Waals surface area contributed by atoms with Crippen LogP contribution in [0.4, 0.5) is 10.8 Å². The van der Waals surface area contributed by atoms with Crippen LogP contribution in [0.2, 0.25) is 5.02 Å². The number of carbonyl (C=O) groups excluding carboxylic acids is 3. The first-order chi connectivity index (χ1) is 16.3. The minimum absolute atomic E-state index is 0.0786. The van der Waals surface area contributed by atoms with Gasteiger partial charge in [0.25, 0.3) is 5.91 Å². The number of thiazole rings is 1. The number of benzene rings is 2. The minimum Gasteiger partial charge on any atom is -0.383 e. The van der Waals surface area contributed by atoms with Gasteiger partial charge in [-0.1, -0.05) is 29.3 Å². The number of aryl methyl sites for hydroxylation is 1. The van der Waals surface area contributed by atoms with Crippen molar-refractivity contribution in [2.45, 2.75) is 13.3 Å². The SMILES string of the molecule is COCCN(CC(=O)Nc1nc(CC(=O)Nc2ccc(C)cc2)cs1)C(=O)c1ccc(Cl)cc1. The molecule has 0 aliphatic rings. The lowest BCUT2D eigenvalue weighted by atomic mass is 10.2. The minimum atomic E-state index is -0.400. The van der Waals surface area contributed by atoms with Crippen LogP contribution >= 0.6 is 22.9 Å². The highest BCUT2D eigenvalue weighted by Gasteiger charge is 2.20. The molecule has 1 aromatic heterocycles. The number of nitrogens with one attached hydrogen (secondary N) is 2. The van der Waals surface area contributed by atoms with Crippen molar-refractivity contribution in [1.82, 2.24) is 9.88 Å². The largest absolute Gasteiger partial charge is 0.383 e. The van der Waals surface area contributed by atoms with E-state index in [9.17, 15) is 14.4 Å². The Balaban J connectivity index is 1.56. The molecule has 8 nitrogen and oxygen atoms in total. The van der Waals surface area contributed by atoms with Crippen LogP contribution in [0.3, 0.4) is 0 Å². The highest BCUT2D eigenvalue weighted by atomic mass is 35.5. The molecule has 0 saturated heterocycles. The Hall–Kier alpha value is -3.27. The van der Waals surface area contributed by atoms with Crippen LogP contribution in [0.15, 0.2) is 53.9 Å². The quantitative estimate of drug-likeness (QED) is 0.438. The highest BCUT2D eigenvalue weighted by Crippen LogP contribution is 2.17. The van der Waals surface area contributed by atoms with Crippen molar-refractivity contribution >= 4 is 51.5 Å². The van der Waals surface area contributed by atoms with Gasteiger partial charge in [0, 0.05) is 35.3 Å². The molecule has 3 rings (SSSR count). The fraction of sp³-hybridized carbons (Fsp3) is 0.250. The average Bonchev–Trinajstić information content (AvgIpc) is 3.24. The lowest BCUT2D eigenvalue weighted by Crippen LogP contribution is -2.40. The Morgan fingerprint density at radius 1 is 1.03 bits per heavy atom. The predicted molar refractivity (Wildman–Crippen MR) is 133 cm³/mol. The van der Waals surface area contributed by atoms with E-state index < -0.39 is 5.91 Å². The van der Waals surface area contributed by atoms with Crippen LogP contribution in [0.1, 0.15) is 21.6 Å². The number of rotatable bonds is 10. The first-order valence-corrected chi connectivity index (χ1v) is 11.7. The molecular formula is C24H25ClN4O4S. The molecule has 0 radical (unpaired) electrons. The number of aromatic nitrogens is 1. The van der Waals surface area contributed by atoms with Crippen LogP contribution in [-0.2, 0) is 20.7 Å². The number of methoxy groups -OCH3 is 1. The first kappa shape index (κ1) is 25.4. The third-order valence-electron chi connectivity index (χ3n) is 4.75. The number of halogens is 1. The first-order valence-electron chi connectivity index (χ1n) is 10.5. The molecule has 0 aliphatic carbocycles. The summed E-state index contributed by atoms with van der Waals surface area (Å²) in [5.74, 6) is -0.911. The summed E-state index contributed by atoms with van der Waals surface area (Å²) in [4.78, 5) is 43.4. The molecule has 2 aromatic carbocycles. The summed E-state index contributed by atoms with van der Waals surface area (Å²) in [5, 5.41) is 8.10. The van der Waals surface area contributed by atoms with Crippen molar-refractivity contribution in [3.8, 4) is 0 Å². The summed E-state index contributed by atoms with van der Waals surface area (Å²) in [5.41, 5.74) is 2.78. The summed E-state index contributed by atoms with van der Waals surface area (Å²) in [6.07, 6.45) is 0.0786. The maximum Gasteiger partial charge on any atom is 0.254 e. The van der Waals surface area contributed by atoms with E-state index in [1.165, 1.54) is 23.3 Å². The van der Waals surface area contributed by atoms with Gasteiger partial charge in [-0.05, 0) is 43.3 Å². The maximum atomic E-state index is 12.8. The fourth-order valence-electron chi connectivity index (χ4n) is 3.01. The van der Waals surface area contributed by atoms with E-state index in [0.29, 0.717) is 27.1 Å². The second kappa shape index (κ2) is 12.3. The smallest absolute Gasteiger partial charge is 0.254 e. The zero-order valence-electron chi connectivity index (χ0n) is 18.8. The van der Waals surface area contributed by atoms with E-state index >= 15 is 0 Å². The zero-order chi connectivity index (χ0) is 24.5. The van der Waals surface area contributed by atoms with Gasteiger partial charge in [-0.2, -0.15) is 0 Å². The van der Waals surface area contributed by atoms with Crippen LogP contribution in [0.5, 0.6) is 0 Å². The molecule has 2 N–H and O–H groups in total. The standard InChI is InChI=1S/C24H25ClN4O4S/c1-16-3-9-19(10-4-16)26-21(30)13-20-15-34-24(27-20)28-22(31)14-29(11-12-33-2)23(32)17-5-7-18(25)8-6-17/h3-10,15H,11-14H2,1-2H3,(H,26,30)(H,27,28,31). The van der Waals surface area contributed by atoms with Gasteiger partial charge < -0.3 is 20.3 Å². The second-order valence-corrected chi connectivity index (χ2v) is 8.80. The second-order valence-electron chi connectivity index (χ2n) is 7.51. The summed E-state index contributed by atoms with van der Waals surface area (Å²) >= 11 is 7.11. The van der Waals surface area contributed by atoms with Gasteiger partial charge in [-0.15, -0.1) is 11.3 Å². The van der Waals surface area contributed by atoms with Gasteiger partial charge in [0.05, 0.1) is 18.7 Å². The molecule has 34 heavy (non-hydrogen) atoms. The highest BCUT2D eigenvalue weighted by molar-refractivity contribution is 7.13. The number of hydrogen-bond acceptors (Lipinski definition) is 6. The Bertz CT molecular complexity index is 1130. The number of carbonyl (C=O) groups is 3. The molecule has 0 spiro atoms. The zero-order valence-corrected chi connectivity index (χ0v) is 20.4. The molecular weight excluding hydrogens is 476 g/mol. The van der Waals surface area contributed by atoms with Gasteiger partial charge >= 0.3 is 0 Å². The van der Waals surface area contributed by atoms with Crippen molar-refractivity contribution in [2.75, 3.05) is 37.4 Å². The molecule has 0 bridgehead atoms. The molecule has 0 fully saturated rings. The molecule has 0 unspecified atom stereocenters. The van der Waals surface area contributed by atoms with Gasteiger partial charge in [0.15, 0.2) is 5.13 Å². The molecule has 0 aliphatic heterocycles. The summed E-state index contributed by atoms with van der Waals surface area (Å²) in [7, 11) is 1.52. The van der Waals surface area contributed by atoms with Gasteiger partial charge in [0.1, 0.15) is 6.54 Å². The summed E-state index contributed by atoms with van der Waals surface area (Å²) in [6, 6.07) is 14.0. The van der Waals surface area contributed by atoms with Crippen LogP contribution < -0.4 is 10.6 Å². The van der Waals surface area contributed by atoms with Crippen molar-refractivity contribution in [3.63, 3.8) is 0 Å². The Morgan fingerprint density at radius 3 is 2.41 bits per heavy atom. The third kappa shape index (κ3) is 7.65. The van der Waals surface area contributed by atoms with E-state index in [1.54, 1.807) is 29.6 Å². The van der Waals surface area contributed by atoms with Gasteiger partial charge in [-0.3, -0.25) is 14.4 Å². The van der Waals surface area contributed by atoms with Crippen molar-refractivity contribution < 1.29 is 19.1 Å². The number of anilines is 2. The predicted octanol–water partition coefficient (Wildman–Crippen LogP) is 4.01. The Morgan fingerprint density at radius 2 is 1.74 bits per heavy atom. The van der Waals surface area contributed by atoms with Crippen molar-refractivity contribution in [2.24, 2.45) is 0 Å². The topological polar surface area (TPSA) is 101 Å². The normalized spacial score (nSPS) is 10.6. The Kier molecular flexibility index (Phi) is 9.15. The lowest BCUT2D eigenvalue weighted by molar-refractivity contribution is -0.117. The fourth-order valence-corrected chi connectivity index (χ4v) is 3.87. The third-order valence-corrected chi connectivity index (χ3v) is 5.81. The molecule has 0 saturated carbocycles. The van der Waals surface area contributed by atoms with Gasteiger partial charge in [0.2, 0.25) is 11.8 Å². The molecule has 0 atom stereocenters. The van der Waals surface area contributed by atoms with E-state index in [-0.39, 0.29) is 37.9 Å². The molecule has 1 heterocycles. The number of ether oxygens (including phenoxy) is 1. The molecule has 10 heteroatoms. The average molecular weight is 501 g/mol. The van der Waals surface area contributed by atoms with E-state index in [1.807, 2.05) is 31.2 Å². The Labute approximate surface area is 206 Å². The van der Waals surface area contributed by atoms with Gasteiger partial charge in [-0.25, -0.2) is 4.98 Å². The maximum absolute atomic E-state index is 12.8. The van der Waals surface area contributed by atoms with Crippen LogP contribution in [0, 0.1) is 6.92 Å². The van der Waals surface area contributed by atoms with Crippen molar-refractivity contribution in [1.29, 1.82) is 0 Å². The molecule has 3 aromatic rings. The van der Waals surface area contributed by atoms with E-state index in [0.717, 1.165) is 5.56 Å².